The van der Waals surface area contributed by atoms with E-state index in [2.05, 4.69) is 46.1 Å². The van der Waals surface area contributed by atoms with Crippen molar-refractivity contribution in [3.8, 4) is 0 Å². The maximum absolute atomic E-state index is 12.5. The molecule has 1 aliphatic heterocycles. The summed E-state index contributed by atoms with van der Waals surface area (Å²) in [4.78, 5) is 25.3. The first kappa shape index (κ1) is 15.1. The third kappa shape index (κ3) is 3.25. The number of aryl methyl sites for hydroxylation is 1. The molecular weight excluding hydrogens is 300 g/mol. The third-order valence-electron chi connectivity index (χ3n) is 4.77. The topological polar surface area (TPSA) is 49.3 Å². The molecule has 0 N–H and O–H groups in total. The lowest BCUT2D eigenvalue weighted by Gasteiger charge is -2.35. The Morgan fingerprint density at radius 3 is 2.79 bits per heavy atom. The second-order valence-corrected chi connectivity index (χ2v) is 6.80. The van der Waals surface area contributed by atoms with Crippen molar-refractivity contribution in [2.24, 2.45) is 0 Å². The van der Waals surface area contributed by atoms with Crippen LogP contribution in [0.4, 0.5) is 5.82 Å². The monoisotopic (exact) mass is 322 g/mol. The van der Waals surface area contributed by atoms with E-state index >= 15 is 0 Å². The molecule has 1 aromatic carbocycles. The van der Waals surface area contributed by atoms with Gasteiger partial charge in [0.05, 0.1) is 6.54 Å². The van der Waals surface area contributed by atoms with Crippen LogP contribution in [0.1, 0.15) is 35.6 Å². The summed E-state index contributed by atoms with van der Waals surface area (Å²) >= 11 is 0. The molecular formula is C19H22N4O. The molecule has 0 bridgehead atoms. The Kier molecular flexibility index (Phi) is 3.92. The van der Waals surface area contributed by atoms with E-state index in [-0.39, 0.29) is 5.91 Å². The lowest BCUT2D eigenvalue weighted by molar-refractivity contribution is -0.131. The number of benzene rings is 1. The number of anilines is 1. The van der Waals surface area contributed by atoms with Gasteiger partial charge in [0.2, 0.25) is 5.91 Å². The van der Waals surface area contributed by atoms with Crippen molar-refractivity contribution in [2.45, 2.75) is 32.2 Å². The van der Waals surface area contributed by atoms with Crippen LogP contribution in [0, 0.1) is 6.92 Å². The van der Waals surface area contributed by atoms with Gasteiger partial charge in [-0.3, -0.25) is 4.79 Å². The lowest BCUT2D eigenvalue weighted by atomic mass is 10.1. The fourth-order valence-electron chi connectivity index (χ4n) is 3.24. The molecule has 1 aromatic heterocycles. The summed E-state index contributed by atoms with van der Waals surface area (Å²) in [6, 6.07) is 10.4. The molecule has 0 radical (unpaired) electrons. The van der Waals surface area contributed by atoms with Gasteiger partial charge >= 0.3 is 0 Å². The highest BCUT2D eigenvalue weighted by atomic mass is 16.2. The minimum Gasteiger partial charge on any atom is -0.345 e. The van der Waals surface area contributed by atoms with Gasteiger partial charge in [-0.2, -0.15) is 0 Å². The first-order valence-corrected chi connectivity index (χ1v) is 8.59. The van der Waals surface area contributed by atoms with Gasteiger partial charge in [0.1, 0.15) is 12.1 Å². The Morgan fingerprint density at radius 2 is 2.04 bits per heavy atom. The van der Waals surface area contributed by atoms with Crippen molar-refractivity contribution in [1.82, 2.24) is 14.9 Å². The third-order valence-corrected chi connectivity index (χ3v) is 4.77. The van der Waals surface area contributed by atoms with E-state index in [4.69, 9.17) is 0 Å². The quantitative estimate of drug-likeness (QED) is 0.868. The molecule has 5 nitrogen and oxygen atoms in total. The molecule has 0 unspecified atom stereocenters. The molecule has 24 heavy (non-hydrogen) atoms. The van der Waals surface area contributed by atoms with Gasteiger partial charge in [0.25, 0.3) is 0 Å². The van der Waals surface area contributed by atoms with E-state index in [0.717, 1.165) is 24.6 Å². The standard InChI is InChI=1S/C19H22N4O/c1-14-3-2-4-15(9-14)11-23-8-7-22(12-19(23)24)18-10-17(16-5-6-16)20-13-21-18/h2-4,9-10,13,16H,5-8,11-12H2,1H3. The van der Waals surface area contributed by atoms with Gasteiger partial charge in [0, 0.05) is 37.3 Å². The summed E-state index contributed by atoms with van der Waals surface area (Å²) in [5.74, 6) is 1.65. The number of hydrogen-bond acceptors (Lipinski definition) is 4. The molecule has 2 aromatic rings. The molecule has 0 atom stereocenters. The zero-order valence-electron chi connectivity index (χ0n) is 14.0. The summed E-state index contributed by atoms with van der Waals surface area (Å²) in [7, 11) is 0. The van der Waals surface area contributed by atoms with Gasteiger partial charge in [-0.15, -0.1) is 0 Å². The highest BCUT2D eigenvalue weighted by Crippen LogP contribution is 2.39. The molecule has 2 heterocycles. The van der Waals surface area contributed by atoms with Crippen molar-refractivity contribution in [2.75, 3.05) is 24.5 Å². The minimum atomic E-state index is 0.161. The first-order valence-electron chi connectivity index (χ1n) is 8.59. The van der Waals surface area contributed by atoms with E-state index < -0.39 is 0 Å². The van der Waals surface area contributed by atoms with E-state index in [0.29, 0.717) is 19.0 Å². The molecule has 5 heteroatoms. The Hall–Kier alpha value is -2.43. The molecule has 1 saturated carbocycles. The lowest BCUT2D eigenvalue weighted by Crippen LogP contribution is -2.50. The van der Waals surface area contributed by atoms with Crippen LogP contribution in [-0.4, -0.2) is 40.4 Å². The second kappa shape index (κ2) is 6.23. The van der Waals surface area contributed by atoms with Crippen LogP contribution in [0.15, 0.2) is 36.7 Å². The Bertz CT molecular complexity index is 757. The van der Waals surface area contributed by atoms with Gasteiger partial charge in [-0.05, 0) is 25.3 Å². The summed E-state index contributed by atoms with van der Waals surface area (Å²) in [5, 5.41) is 0. The van der Waals surface area contributed by atoms with E-state index in [1.807, 2.05) is 11.0 Å². The predicted octanol–water partition coefficient (Wildman–Crippen LogP) is 2.51. The second-order valence-electron chi connectivity index (χ2n) is 6.80. The molecule has 124 valence electrons. The number of rotatable bonds is 4. The largest absolute Gasteiger partial charge is 0.345 e. The number of hydrogen-bond donors (Lipinski definition) is 0. The van der Waals surface area contributed by atoms with Crippen LogP contribution >= 0.6 is 0 Å². The van der Waals surface area contributed by atoms with Gasteiger partial charge in [-0.1, -0.05) is 29.8 Å². The SMILES string of the molecule is Cc1cccc(CN2CCN(c3cc(C4CC4)ncn3)CC2=O)c1. The van der Waals surface area contributed by atoms with E-state index in [9.17, 15) is 4.79 Å². The van der Waals surface area contributed by atoms with Gasteiger partial charge < -0.3 is 9.80 Å². The zero-order chi connectivity index (χ0) is 16.5. The number of carbonyl (C=O) groups excluding carboxylic acids is 1. The smallest absolute Gasteiger partial charge is 0.242 e. The Balaban J connectivity index is 1.42. The van der Waals surface area contributed by atoms with Crippen LogP contribution in [0.25, 0.3) is 0 Å². The molecule has 2 fully saturated rings. The summed E-state index contributed by atoms with van der Waals surface area (Å²) < 4.78 is 0. The average Bonchev–Trinajstić information content (AvgIpc) is 3.42. The summed E-state index contributed by atoms with van der Waals surface area (Å²) in [6.07, 6.45) is 4.08. The molecule has 1 saturated heterocycles. The highest BCUT2D eigenvalue weighted by molar-refractivity contribution is 5.82. The van der Waals surface area contributed by atoms with Gasteiger partial charge in [-0.25, -0.2) is 9.97 Å². The Morgan fingerprint density at radius 1 is 1.17 bits per heavy atom. The molecule has 2 aliphatic rings. The zero-order valence-corrected chi connectivity index (χ0v) is 14.0. The van der Waals surface area contributed by atoms with Crippen molar-refractivity contribution in [3.63, 3.8) is 0 Å². The number of nitrogens with zero attached hydrogens (tertiary/aromatic N) is 4. The van der Waals surface area contributed by atoms with E-state index in [1.54, 1.807) is 6.33 Å². The molecule has 1 amide bonds. The fraction of sp³-hybridized carbons (Fsp3) is 0.421. The van der Waals surface area contributed by atoms with Crippen LogP contribution in [0.2, 0.25) is 0 Å². The normalized spacial score (nSPS) is 18.1. The van der Waals surface area contributed by atoms with Crippen molar-refractivity contribution in [3.05, 3.63) is 53.5 Å². The molecule has 1 aliphatic carbocycles. The Labute approximate surface area is 142 Å². The minimum absolute atomic E-state index is 0.161. The van der Waals surface area contributed by atoms with E-state index in [1.165, 1.54) is 24.0 Å². The predicted molar refractivity (Wildman–Crippen MR) is 92.8 cm³/mol. The average molecular weight is 322 g/mol. The van der Waals surface area contributed by atoms with Crippen molar-refractivity contribution >= 4 is 11.7 Å². The van der Waals surface area contributed by atoms with Crippen LogP contribution in [0.3, 0.4) is 0 Å². The maximum atomic E-state index is 12.5. The molecule has 4 rings (SSSR count). The molecule has 0 spiro atoms. The first-order chi connectivity index (χ1) is 11.7. The summed E-state index contributed by atoms with van der Waals surface area (Å²) in [6.45, 7) is 4.71. The van der Waals surface area contributed by atoms with Crippen molar-refractivity contribution in [1.29, 1.82) is 0 Å². The van der Waals surface area contributed by atoms with Gasteiger partial charge in [0.15, 0.2) is 0 Å². The maximum Gasteiger partial charge on any atom is 0.242 e. The fourth-order valence-corrected chi connectivity index (χ4v) is 3.24. The van der Waals surface area contributed by atoms with Crippen LogP contribution in [-0.2, 0) is 11.3 Å². The van der Waals surface area contributed by atoms with Crippen LogP contribution < -0.4 is 4.90 Å². The number of aromatic nitrogens is 2. The number of amides is 1. The number of piperazine rings is 1. The summed E-state index contributed by atoms with van der Waals surface area (Å²) in [5.41, 5.74) is 3.54. The number of carbonyl (C=O) groups is 1. The van der Waals surface area contributed by atoms with Crippen molar-refractivity contribution < 1.29 is 4.79 Å². The highest BCUT2D eigenvalue weighted by Gasteiger charge is 2.28. The van der Waals surface area contributed by atoms with Crippen LogP contribution in [0.5, 0.6) is 0 Å².